The van der Waals surface area contributed by atoms with E-state index in [4.69, 9.17) is 10.7 Å². The summed E-state index contributed by atoms with van der Waals surface area (Å²) in [6.45, 7) is 3.49. The van der Waals surface area contributed by atoms with Gasteiger partial charge in [-0.2, -0.15) is 5.26 Å². The molecule has 0 atom stereocenters. The second kappa shape index (κ2) is 3.96. The minimum Gasteiger partial charge on any atom is -0.494 e. The monoisotopic (exact) mass is 205 g/mol. The zero-order chi connectivity index (χ0) is 11.6. The number of hydrogen-bond acceptors (Lipinski definition) is 4. The summed E-state index contributed by atoms with van der Waals surface area (Å²) in [7, 11) is 0. The molecule has 0 spiro atoms. The van der Waals surface area contributed by atoms with Crippen LogP contribution in [0.3, 0.4) is 0 Å². The fourth-order valence-corrected chi connectivity index (χ4v) is 1.44. The van der Waals surface area contributed by atoms with Gasteiger partial charge in [0.1, 0.15) is 11.6 Å². The van der Waals surface area contributed by atoms with Gasteiger partial charge in [0.25, 0.3) is 5.56 Å². The Kier molecular flexibility index (Phi) is 2.90. The molecule has 1 heterocycles. The molecule has 0 saturated carbocycles. The third kappa shape index (κ3) is 1.50. The van der Waals surface area contributed by atoms with Crippen molar-refractivity contribution in [3.63, 3.8) is 0 Å². The van der Waals surface area contributed by atoms with Crippen molar-refractivity contribution in [3.8, 4) is 11.9 Å². The zero-order valence-electron chi connectivity index (χ0n) is 8.53. The highest BCUT2D eigenvalue weighted by Crippen LogP contribution is 2.18. The summed E-state index contributed by atoms with van der Waals surface area (Å²) in [6.07, 6.45) is 0.942. The molecular weight excluding hydrogens is 194 g/mol. The maximum atomic E-state index is 11.6. The Hall–Kier alpha value is -2.09. The lowest BCUT2D eigenvalue weighted by Gasteiger charge is -2.11. The number of pyridine rings is 1. The summed E-state index contributed by atoms with van der Waals surface area (Å²) in [5.41, 5.74) is 0.0291. The van der Waals surface area contributed by atoms with Crippen molar-refractivity contribution < 1.29 is 5.11 Å². The highest BCUT2D eigenvalue weighted by molar-refractivity contribution is 5.83. The van der Waals surface area contributed by atoms with Crippen molar-refractivity contribution in [1.29, 1.82) is 10.7 Å². The first kappa shape index (κ1) is 11.0. The second-order valence-electron chi connectivity index (χ2n) is 3.04. The molecular formula is C10H11N3O2. The molecule has 0 aliphatic rings. The number of aromatic nitrogens is 1. The Morgan fingerprint density at radius 2 is 2.27 bits per heavy atom. The van der Waals surface area contributed by atoms with Gasteiger partial charge < -0.3 is 10.5 Å². The van der Waals surface area contributed by atoms with Gasteiger partial charge in [-0.1, -0.05) is 0 Å². The van der Waals surface area contributed by atoms with Crippen LogP contribution in [-0.4, -0.2) is 15.9 Å². The normalized spacial score (nSPS) is 9.67. The molecule has 0 unspecified atom stereocenters. The van der Waals surface area contributed by atoms with Crippen LogP contribution in [0.1, 0.15) is 23.6 Å². The molecule has 0 amide bonds. The molecule has 1 aromatic heterocycles. The minimum atomic E-state index is -0.513. The summed E-state index contributed by atoms with van der Waals surface area (Å²) in [5, 5.41) is 25.6. The third-order valence-corrected chi connectivity index (χ3v) is 2.31. The van der Waals surface area contributed by atoms with E-state index < -0.39 is 5.56 Å². The molecule has 0 bridgehead atoms. The average molecular weight is 205 g/mol. The van der Waals surface area contributed by atoms with Crippen molar-refractivity contribution in [2.75, 3.05) is 0 Å². The van der Waals surface area contributed by atoms with Gasteiger partial charge in [-0.05, 0) is 19.4 Å². The topological polar surface area (TPSA) is 89.9 Å². The number of nitrogens with one attached hydrogen (secondary N) is 1. The van der Waals surface area contributed by atoms with E-state index in [-0.39, 0.29) is 23.6 Å². The first-order chi connectivity index (χ1) is 7.08. The van der Waals surface area contributed by atoms with E-state index in [0.29, 0.717) is 5.56 Å². The molecule has 0 aromatic carbocycles. The van der Waals surface area contributed by atoms with Gasteiger partial charge in [0.05, 0.1) is 5.56 Å². The van der Waals surface area contributed by atoms with Gasteiger partial charge in [0, 0.05) is 12.8 Å². The van der Waals surface area contributed by atoms with Crippen LogP contribution >= 0.6 is 0 Å². The molecule has 2 N–H and O–H groups in total. The van der Waals surface area contributed by atoms with Crippen LogP contribution in [0.15, 0.2) is 4.79 Å². The SMILES string of the molecule is CCn1c(O)c(C=N)c(C)c(C#N)c1=O. The van der Waals surface area contributed by atoms with Crippen LogP contribution in [0.4, 0.5) is 0 Å². The van der Waals surface area contributed by atoms with Gasteiger partial charge in [-0.3, -0.25) is 9.36 Å². The summed E-state index contributed by atoms with van der Waals surface area (Å²) < 4.78 is 1.08. The van der Waals surface area contributed by atoms with Gasteiger partial charge in [-0.15, -0.1) is 0 Å². The molecule has 0 saturated heterocycles. The van der Waals surface area contributed by atoms with Crippen LogP contribution in [0.2, 0.25) is 0 Å². The third-order valence-electron chi connectivity index (χ3n) is 2.31. The lowest BCUT2D eigenvalue weighted by molar-refractivity contribution is 0.409. The molecule has 1 aromatic rings. The molecule has 0 aliphatic carbocycles. The number of aromatic hydroxyl groups is 1. The highest BCUT2D eigenvalue weighted by Gasteiger charge is 2.16. The fraction of sp³-hybridized carbons (Fsp3) is 0.300. The quantitative estimate of drug-likeness (QED) is 0.698. The predicted octanol–water partition coefficient (Wildman–Crippen LogP) is 0.752. The number of hydrogen-bond donors (Lipinski definition) is 2. The molecule has 0 aliphatic heterocycles. The Balaban J connectivity index is 3.83. The van der Waals surface area contributed by atoms with Gasteiger partial charge >= 0.3 is 0 Å². The minimum absolute atomic E-state index is 0.0202. The van der Waals surface area contributed by atoms with Gasteiger partial charge in [0.2, 0.25) is 5.88 Å². The summed E-state index contributed by atoms with van der Waals surface area (Å²) >= 11 is 0. The summed E-state index contributed by atoms with van der Waals surface area (Å²) in [5.74, 6) is -0.256. The standard InChI is InChI=1S/C10H11N3O2/c1-3-13-9(14)7(4-11)6(2)8(5-12)10(13)15/h4,11,14H,3H2,1-2H3. The zero-order valence-corrected chi connectivity index (χ0v) is 8.53. The molecule has 5 heteroatoms. The summed E-state index contributed by atoms with van der Waals surface area (Å²) in [4.78, 5) is 11.6. The van der Waals surface area contributed by atoms with E-state index in [1.165, 1.54) is 0 Å². The highest BCUT2D eigenvalue weighted by atomic mass is 16.3. The molecule has 1 rings (SSSR count). The van der Waals surface area contributed by atoms with E-state index in [1.807, 2.05) is 0 Å². The average Bonchev–Trinajstić information content (AvgIpc) is 2.19. The van der Waals surface area contributed by atoms with E-state index in [1.54, 1.807) is 19.9 Å². The van der Waals surface area contributed by atoms with E-state index in [0.717, 1.165) is 10.8 Å². The predicted molar refractivity (Wildman–Crippen MR) is 55.4 cm³/mol. The molecule has 15 heavy (non-hydrogen) atoms. The van der Waals surface area contributed by atoms with Gasteiger partial charge in [0.15, 0.2) is 0 Å². The molecule has 5 nitrogen and oxygen atoms in total. The van der Waals surface area contributed by atoms with Crippen molar-refractivity contribution >= 4 is 6.21 Å². The van der Waals surface area contributed by atoms with E-state index in [9.17, 15) is 9.90 Å². The molecule has 0 fully saturated rings. The molecule has 0 radical (unpaired) electrons. The first-order valence-corrected chi connectivity index (χ1v) is 4.45. The van der Waals surface area contributed by atoms with Crippen LogP contribution < -0.4 is 5.56 Å². The van der Waals surface area contributed by atoms with Crippen molar-refractivity contribution in [3.05, 3.63) is 27.0 Å². The maximum Gasteiger partial charge on any atom is 0.271 e. The Morgan fingerprint density at radius 1 is 1.67 bits per heavy atom. The van der Waals surface area contributed by atoms with E-state index >= 15 is 0 Å². The Bertz CT molecular complexity index is 509. The van der Waals surface area contributed by atoms with Crippen molar-refractivity contribution in [2.24, 2.45) is 0 Å². The number of rotatable bonds is 2. The van der Waals surface area contributed by atoms with Gasteiger partial charge in [-0.25, -0.2) is 0 Å². The lowest BCUT2D eigenvalue weighted by atomic mass is 10.1. The molecule has 78 valence electrons. The first-order valence-electron chi connectivity index (χ1n) is 4.45. The van der Waals surface area contributed by atoms with Crippen molar-refractivity contribution in [1.82, 2.24) is 4.57 Å². The van der Waals surface area contributed by atoms with E-state index in [2.05, 4.69) is 0 Å². The summed E-state index contributed by atoms with van der Waals surface area (Å²) in [6, 6.07) is 1.79. The van der Waals surface area contributed by atoms with Crippen LogP contribution in [0.5, 0.6) is 5.88 Å². The second-order valence-corrected chi connectivity index (χ2v) is 3.04. The Labute approximate surface area is 86.7 Å². The smallest absolute Gasteiger partial charge is 0.271 e. The fourth-order valence-electron chi connectivity index (χ4n) is 1.44. The van der Waals surface area contributed by atoms with Crippen molar-refractivity contribution in [2.45, 2.75) is 20.4 Å². The van der Waals surface area contributed by atoms with Crippen LogP contribution in [-0.2, 0) is 6.54 Å². The van der Waals surface area contributed by atoms with Crippen LogP contribution in [0, 0.1) is 23.7 Å². The largest absolute Gasteiger partial charge is 0.494 e. The van der Waals surface area contributed by atoms with Crippen LogP contribution in [0.25, 0.3) is 0 Å². The maximum absolute atomic E-state index is 11.6. The number of nitrogens with zero attached hydrogens (tertiary/aromatic N) is 2. The lowest BCUT2D eigenvalue weighted by Crippen LogP contribution is -2.24. The Morgan fingerprint density at radius 3 is 2.67 bits per heavy atom. The number of nitriles is 1.